The summed E-state index contributed by atoms with van der Waals surface area (Å²) in [6.07, 6.45) is -4.81. The highest BCUT2D eigenvalue weighted by atomic mass is 19.4. The molecule has 0 aliphatic carbocycles. The van der Waals surface area contributed by atoms with E-state index in [0.717, 1.165) is 18.2 Å². The molecule has 2 rings (SSSR count). The number of benzene rings is 2. The highest BCUT2D eigenvalue weighted by Gasteiger charge is 2.35. The lowest BCUT2D eigenvalue weighted by molar-refractivity contribution is -0.138. The molecule has 0 aromatic heterocycles. The second kappa shape index (κ2) is 7.46. The number of anilines is 1. The maximum Gasteiger partial charge on any atom is 0.417 e. The molecule has 10 heteroatoms. The van der Waals surface area contributed by atoms with Crippen molar-refractivity contribution in [2.75, 3.05) is 11.9 Å². The van der Waals surface area contributed by atoms with Crippen LogP contribution in [0.4, 0.5) is 32.0 Å². The molecule has 0 radical (unpaired) electrons. The van der Waals surface area contributed by atoms with E-state index in [1.54, 1.807) is 0 Å². The summed E-state index contributed by atoms with van der Waals surface area (Å²) < 4.78 is 82.1. The lowest BCUT2D eigenvalue weighted by Crippen LogP contribution is -2.23. The van der Waals surface area contributed by atoms with Gasteiger partial charge in [-0.05, 0) is 24.3 Å². The molecule has 138 valence electrons. The molecule has 1 amide bonds. The summed E-state index contributed by atoms with van der Waals surface area (Å²) in [5.41, 5.74) is -2.79. The summed E-state index contributed by atoms with van der Waals surface area (Å²) >= 11 is 0. The van der Waals surface area contributed by atoms with Crippen LogP contribution in [0.5, 0.6) is 0 Å². The van der Waals surface area contributed by atoms with Gasteiger partial charge in [-0.25, -0.2) is 18.0 Å². The molecule has 1 N–H and O–H groups in total. The van der Waals surface area contributed by atoms with Crippen molar-refractivity contribution in [2.45, 2.75) is 6.18 Å². The summed E-state index contributed by atoms with van der Waals surface area (Å²) in [6.45, 7) is -1.07. The quantitative estimate of drug-likeness (QED) is 0.499. The second-order valence-corrected chi connectivity index (χ2v) is 4.89. The van der Waals surface area contributed by atoms with E-state index >= 15 is 0 Å². The Labute approximate surface area is 142 Å². The van der Waals surface area contributed by atoms with Crippen LogP contribution in [0.1, 0.15) is 15.9 Å². The first-order valence-corrected chi connectivity index (χ1v) is 6.88. The molecule has 0 unspecified atom stereocenters. The van der Waals surface area contributed by atoms with Crippen molar-refractivity contribution in [3.05, 3.63) is 65.0 Å². The van der Waals surface area contributed by atoms with E-state index in [1.807, 2.05) is 5.32 Å². The molecule has 26 heavy (non-hydrogen) atoms. The van der Waals surface area contributed by atoms with Gasteiger partial charge in [0.1, 0.15) is 0 Å². The number of amides is 1. The molecule has 0 saturated carbocycles. The lowest BCUT2D eigenvalue weighted by Gasteiger charge is -2.12. The first kappa shape index (κ1) is 19.3. The zero-order valence-corrected chi connectivity index (χ0v) is 12.7. The highest BCUT2D eigenvalue weighted by molar-refractivity contribution is 5.96. The van der Waals surface area contributed by atoms with E-state index in [2.05, 4.69) is 4.74 Å². The number of halogens is 6. The second-order valence-electron chi connectivity index (χ2n) is 4.89. The van der Waals surface area contributed by atoms with Crippen LogP contribution in [0.15, 0.2) is 36.4 Å². The number of nitrogens with one attached hydrogen (secondary N) is 1. The Morgan fingerprint density at radius 1 is 0.962 bits per heavy atom. The summed E-state index contributed by atoms with van der Waals surface area (Å²) in [4.78, 5) is 23.3. The molecule has 0 heterocycles. The molecule has 2 aromatic carbocycles. The first-order valence-electron chi connectivity index (χ1n) is 6.88. The van der Waals surface area contributed by atoms with Gasteiger partial charge in [-0.15, -0.1) is 0 Å². The van der Waals surface area contributed by atoms with E-state index in [4.69, 9.17) is 0 Å². The third-order valence-electron chi connectivity index (χ3n) is 3.10. The minimum absolute atomic E-state index is 0.555. The minimum atomic E-state index is -4.81. The van der Waals surface area contributed by atoms with Gasteiger partial charge in [0.05, 0.1) is 16.8 Å². The number of hydrogen-bond acceptors (Lipinski definition) is 3. The molecule has 0 atom stereocenters. The molecule has 0 fully saturated rings. The fourth-order valence-corrected chi connectivity index (χ4v) is 1.93. The van der Waals surface area contributed by atoms with E-state index < -0.39 is 58.9 Å². The largest absolute Gasteiger partial charge is 0.452 e. The Morgan fingerprint density at radius 2 is 1.62 bits per heavy atom. The summed E-state index contributed by atoms with van der Waals surface area (Å²) in [6, 6.07) is 5.04. The minimum Gasteiger partial charge on any atom is -0.452 e. The van der Waals surface area contributed by atoms with Crippen LogP contribution in [0.3, 0.4) is 0 Å². The predicted molar refractivity (Wildman–Crippen MR) is 76.7 cm³/mol. The van der Waals surface area contributed by atoms with E-state index in [0.29, 0.717) is 12.1 Å². The van der Waals surface area contributed by atoms with Crippen molar-refractivity contribution in [1.82, 2.24) is 0 Å². The van der Waals surface area contributed by atoms with Crippen LogP contribution in [-0.4, -0.2) is 18.5 Å². The highest BCUT2D eigenvalue weighted by Crippen LogP contribution is 2.32. The van der Waals surface area contributed by atoms with Crippen LogP contribution in [-0.2, 0) is 15.7 Å². The molecule has 0 bridgehead atoms. The smallest absolute Gasteiger partial charge is 0.417 e. The van der Waals surface area contributed by atoms with Gasteiger partial charge in [0.2, 0.25) is 0 Å². The number of carbonyl (C=O) groups is 2. The third kappa shape index (κ3) is 4.32. The van der Waals surface area contributed by atoms with E-state index in [1.165, 1.54) is 6.07 Å². The van der Waals surface area contributed by atoms with Crippen LogP contribution in [0, 0.1) is 17.5 Å². The Bertz CT molecular complexity index is 850. The number of ether oxygens (including phenoxy) is 1. The molecular formula is C16H9F6NO3. The SMILES string of the molecule is O=C(COC(=O)c1ccccc1C(F)(F)F)Nc1ccc(F)c(F)c1F. The third-order valence-corrected chi connectivity index (χ3v) is 3.10. The van der Waals surface area contributed by atoms with Crippen molar-refractivity contribution in [3.8, 4) is 0 Å². The number of rotatable bonds is 4. The molecular weight excluding hydrogens is 368 g/mol. The van der Waals surface area contributed by atoms with Gasteiger partial charge in [-0.1, -0.05) is 12.1 Å². The zero-order chi connectivity index (χ0) is 19.5. The Hall–Kier alpha value is -3.04. The maximum absolute atomic E-state index is 13.4. The van der Waals surface area contributed by atoms with Crippen molar-refractivity contribution in [1.29, 1.82) is 0 Å². The van der Waals surface area contributed by atoms with E-state index in [-0.39, 0.29) is 0 Å². The van der Waals surface area contributed by atoms with Gasteiger partial charge in [0.25, 0.3) is 5.91 Å². The van der Waals surface area contributed by atoms with Crippen LogP contribution >= 0.6 is 0 Å². The maximum atomic E-state index is 13.4. The van der Waals surface area contributed by atoms with Gasteiger partial charge in [0.15, 0.2) is 24.1 Å². The predicted octanol–water partition coefficient (Wildman–Crippen LogP) is 3.92. The number of esters is 1. The molecule has 2 aromatic rings. The standard InChI is InChI=1S/C16H9F6NO3/c17-10-5-6-11(14(19)13(10)18)23-12(24)7-26-15(25)8-3-1-2-4-9(8)16(20,21)22/h1-6H,7H2,(H,23,24). The number of carbonyl (C=O) groups excluding carboxylic acids is 2. The fourth-order valence-electron chi connectivity index (χ4n) is 1.93. The normalized spacial score (nSPS) is 11.2. The molecule has 0 aliphatic heterocycles. The Morgan fingerprint density at radius 3 is 2.27 bits per heavy atom. The first-order chi connectivity index (χ1) is 12.1. The van der Waals surface area contributed by atoms with Gasteiger partial charge in [0, 0.05) is 0 Å². The summed E-state index contributed by atoms with van der Waals surface area (Å²) in [5, 5.41) is 1.81. The van der Waals surface area contributed by atoms with Gasteiger partial charge in [-0.2, -0.15) is 13.2 Å². The topological polar surface area (TPSA) is 55.4 Å². The van der Waals surface area contributed by atoms with Crippen LogP contribution in [0.25, 0.3) is 0 Å². The monoisotopic (exact) mass is 377 g/mol. The van der Waals surface area contributed by atoms with Crippen molar-refractivity contribution in [3.63, 3.8) is 0 Å². The average molecular weight is 377 g/mol. The average Bonchev–Trinajstić information content (AvgIpc) is 2.59. The van der Waals surface area contributed by atoms with Crippen molar-refractivity contribution >= 4 is 17.6 Å². The van der Waals surface area contributed by atoms with Gasteiger partial charge in [-0.3, -0.25) is 4.79 Å². The Kier molecular flexibility index (Phi) is 5.53. The fraction of sp³-hybridized carbons (Fsp3) is 0.125. The molecule has 4 nitrogen and oxygen atoms in total. The molecule has 0 saturated heterocycles. The molecule has 0 aliphatic rings. The summed E-state index contributed by atoms with van der Waals surface area (Å²) in [7, 11) is 0. The van der Waals surface area contributed by atoms with Gasteiger partial charge < -0.3 is 10.1 Å². The van der Waals surface area contributed by atoms with Crippen molar-refractivity contribution in [2.24, 2.45) is 0 Å². The van der Waals surface area contributed by atoms with Crippen LogP contribution < -0.4 is 5.32 Å². The van der Waals surface area contributed by atoms with E-state index in [9.17, 15) is 35.9 Å². The molecule has 0 spiro atoms. The lowest BCUT2D eigenvalue weighted by atomic mass is 10.1. The van der Waals surface area contributed by atoms with Crippen molar-refractivity contribution < 1.29 is 40.7 Å². The number of hydrogen-bond donors (Lipinski definition) is 1. The van der Waals surface area contributed by atoms with Gasteiger partial charge >= 0.3 is 12.1 Å². The zero-order valence-electron chi connectivity index (χ0n) is 12.7. The Balaban J connectivity index is 2.05. The summed E-state index contributed by atoms with van der Waals surface area (Å²) in [5.74, 6) is -7.56. The van der Waals surface area contributed by atoms with Crippen LogP contribution in [0.2, 0.25) is 0 Å². The number of alkyl halides is 3.